The molecule has 17 heavy (non-hydrogen) atoms. The van der Waals surface area contributed by atoms with E-state index in [0.717, 1.165) is 24.9 Å². The number of aliphatic hydroxyl groups excluding tert-OH is 1. The Kier molecular flexibility index (Phi) is 6.48. The van der Waals surface area contributed by atoms with Crippen LogP contribution in [0.4, 0.5) is 4.39 Å². The van der Waals surface area contributed by atoms with Crippen LogP contribution < -0.4 is 0 Å². The summed E-state index contributed by atoms with van der Waals surface area (Å²) >= 11 is 5.63. The summed E-state index contributed by atoms with van der Waals surface area (Å²) in [5, 5.41) is 9.12. The van der Waals surface area contributed by atoms with Gasteiger partial charge in [-0.05, 0) is 30.7 Å². The van der Waals surface area contributed by atoms with Gasteiger partial charge >= 0.3 is 0 Å². The largest absolute Gasteiger partial charge is 0.395 e. The summed E-state index contributed by atoms with van der Waals surface area (Å²) in [6.45, 7) is 4.43. The molecule has 0 aliphatic carbocycles. The molecular weight excluding hydrogens is 241 g/mol. The molecule has 0 aliphatic heterocycles. The van der Waals surface area contributed by atoms with Crippen molar-refractivity contribution in [2.24, 2.45) is 0 Å². The molecule has 0 saturated carbocycles. The Morgan fingerprint density at radius 3 is 2.71 bits per heavy atom. The van der Waals surface area contributed by atoms with Crippen molar-refractivity contribution in [3.63, 3.8) is 0 Å². The highest BCUT2D eigenvalue weighted by Crippen LogP contribution is 2.16. The Balaban J connectivity index is 2.61. The van der Waals surface area contributed by atoms with Gasteiger partial charge in [0, 0.05) is 13.1 Å². The predicted octanol–water partition coefficient (Wildman–Crippen LogP) is 3.07. The summed E-state index contributed by atoms with van der Waals surface area (Å²) in [6, 6.07) is 4.85. The minimum absolute atomic E-state index is 0.125. The molecule has 0 saturated heterocycles. The molecule has 0 aromatic heterocycles. The van der Waals surface area contributed by atoms with Gasteiger partial charge in [-0.2, -0.15) is 0 Å². The summed E-state index contributed by atoms with van der Waals surface area (Å²) < 4.78 is 13.3. The molecule has 0 radical (unpaired) electrons. The molecule has 4 heteroatoms. The van der Waals surface area contributed by atoms with E-state index >= 15 is 0 Å². The van der Waals surface area contributed by atoms with E-state index in [1.807, 2.05) is 6.07 Å². The molecule has 0 bridgehead atoms. The molecule has 0 amide bonds. The molecule has 0 fully saturated rings. The van der Waals surface area contributed by atoms with Crippen LogP contribution in [0.25, 0.3) is 0 Å². The van der Waals surface area contributed by atoms with Crippen LogP contribution in [0.1, 0.15) is 25.3 Å². The van der Waals surface area contributed by atoms with Crippen LogP contribution >= 0.6 is 11.6 Å². The number of rotatable bonds is 7. The van der Waals surface area contributed by atoms with Crippen molar-refractivity contribution < 1.29 is 9.50 Å². The van der Waals surface area contributed by atoms with Crippen molar-refractivity contribution in [1.82, 2.24) is 4.90 Å². The van der Waals surface area contributed by atoms with Gasteiger partial charge in [-0.15, -0.1) is 0 Å². The van der Waals surface area contributed by atoms with E-state index in [-0.39, 0.29) is 17.4 Å². The molecule has 96 valence electrons. The van der Waals surface area contributed by atoms with Crippen LogP contribution in [-0.2, 0) is 6.54 Å². The fourth-order valence-corrected chi connectivity index (χ4v) is 1.81. The number of hydrogen-bond donors (Lipinski definition) is 1. The Morgan fingerprint density at radius 1 is 1.35 bits per heavy atom. The number of benzene rings is 1. The van der Waals surface area contributed by atoms with Gasteiger partial charge in [-0.3, -0.25) is 4.90 Å². The van der Waals surface area contributed by atoms with Crippen LogP contribution in [-0.4, -0.2) is 29.7 Å². The smallest absolute Gasteiger partial charge is 0.142 e. The third kappa shape index (κ3) is 5.02. The Morgan fingerprint density at radius 2 is 2.12 bits per heavy atom. The molecule has 0 heterocycles. The lowest BCUT2D eigenvalue weighted by molar-refractivity contribution is 0.188. The average Bonchev–Trinajstić information content (AvgIpc) is 2.31. The van der Waals surface area contributed by atoms with E-state index in [1.165, 1.54) is 6.07 Å². The van der Waals surface area contributed by atoms with Gasteiger partial charge in [0.05, 0.1) is 11.6 Å². The first kappa shape index (κ1) is 14.4. The molecule has 1 aromatic carbocycles. The lowest BCUT2D eigenvalue weighted by Gasteiger charge is -2.21. The van der Waals surface area contributed by atoms with Crippen molar-refractivity contribution in [2.75, 3.05) is 19.7 Å². The SMILES string of the molecule is CCCCN(CCO)Cc1ccc(Cl)c(F)c1. The fourth-order valence-electron chi connectivity index (χ4n) is 1.69. The third-order valence-electron chi connectivity index (χ3n) is 2.63. The third-order valence-corrected chi connectivity index (χ3v) is 2.94. The first-order valence-electron chi connectivity index (χ1n) is 5.94. The molecular formula is C13H19ClFNO. The molecule has 2 nitrogen and oxygen atoms in total. The maximum atomic E-state index is 13.3. The summed E-state index contributed by atoms with van der Waals surface area (Å²) in [4.78, 5) is 2.12. The van der Waals surface area contributed by atoms with Gasteiger partial charge < -0.3 is 5.11 Å². The standard InChI is InChI=1S/C13H19ClFNO/c1-2-3-6-16(7-8-17)10-11-4-5-12(14)13(15)9-11/h4-5,9,17H,2-3,6-8,10H2,1H3. The Bertz CT molecular complexity index is 346. The van der Waals surface area contributed by atoms with Gasteiger partial charge in [0.25, 0.3) is 0 Å². The van der Waals surface area contributed by atoms with Gasteiger partial charge in [0.2, 0.25) is 0 Å². The van der Waals surface area contributed by atoms with Crippen LogP contribution in [0, 0.1) is 5.82 Å². The number of halogens is 2. The van der Waals surface area contributed by atoms with Crippen molar-refractivity contribution in [2.45, 2.75) is 26.3 Å². The second kappa shape index (κ2) is 7.64. The molecule has 0 atom stereocenters. The van der Waals surface area contributed by atoms with Gasteiger partial charge in [0.1, 0.15) is 5.82 Å². The quantitative estimate of drug-likeness (QED) is 0.814. The molecule has 0 spiro atoms. The Hall–Kier alpha value is -0.640. The topological polar surface area (TPSA) is 23.5 Å². The van der Waals surface area contributed by atoms with Crippen molar-refractivity contribution in [3.05, 3.63) is 34.6 Å². The van der Waals surface area contributed by atoms with E-state index in [4.69, 9.17) is 16.7 Å². The molecule has 1 rings (SSSR count). The van der Waals surface area contributed by atoms with Crippen LogP contribution in [0.15, 0.2) is 18.2 Å². The fraction of sp³-hybridized carbons (Fsp3) is 0.538. The molecule has 0 unspecified atom stereocenters. The first-order chi connectivity index (χ1) is 8.17. The summed E-state index contributed by atoms with van der Waals surface area (Å²) in [5.41, 5.74) is 0.886. The zero-order valence-electron chi connectivity index (χ0n) is 10.1. The normalized spacial score (nSPS) is 11.1. The minimum Gasteiger partial charge on any atom is -0.395 e. The zero-order valence-corrected chi connectivity index (χ0v) is 10.9. The van der Waals surface area contributed by atoms with Gasteiger partial charge in [0.15, 0.2) is 0 Å². The van der Waals surface area contributed by atoms with E-state index in [1.54, 1.807) is 6.07 Å². The molecule has 0 aliphatic rings. The summed E-state index contributed by atoms with van der Waals surface area (Å²) in [6.07, 6.45) is 2.19. The Labute approximate surface area is 107 Å². The summed E-state index contributed by atoms with van der Waals surface area (Å²) in [7, 11) is 0. The maximum Gasteiger partial charge on any atom is 0.142 e. The van der Waals surface area contributed by atoms with Crippen LogP contribution in [0.3, 0.4) is 0 Å². The number of unbranched alkanes of at least 4 members (excludes halogenated alkanes) is 1. The number of hydrogen-bond acceptors (Lipinski definition) is 2. The second-order valence-electron chi connectivity index (χ2n) is 4.10. The first-order valence-corrected chi connectivity index (χ1v) is 6.32. The highest BCUT2D eigenvalue weighted by molar-refractivity contribution is 6.30. The summed E-state index contributed by atoms with van der Waals surface area (Å²) in [5.74, 6) is -0.386. The molecule has 1 N–H and O–H groups in total. The van der Waals surface area contributed by atoms with E-state index in [2.05, 4.69) is 11.8 Å². The van der Waals surface area contributed by atoms with E-state index < -0.39 is 0 Å². The average molecular weight is 260 g/mol. The van der Waals surface area contributed by atoms with E-state index in [0.29, 0.717) is 13.1 Å². The predicted molar refractivity (Wildman–Crippen MR) is 68.7 cm³/mol. The van der Waals surface area contributed by atoms with Gasteiger partial charge in [-0.1, -0.05) is 31.0 Å². The van der Waals surface area contributed by atoms with E-state index in [9.17, 15) is 4.39 Å². The van der Waals surface area contributed by atoms with Crippen LogP contribution in [0.2, 0.25) is 5.02 Å². The minimum atomic E-state index is -0.386. The monoisotopic (exact) mass is 259 g/mol. The zero-order chi connectivity index (χ0) is 12.7. The van der Waals surface area contributed by atoms with Crippen LogP contribution in [0.5, 0.6) is 0 Å². The highest BCUT2D eigenvalue weighted by Gasteiger charge is 2.07. The number of aliphatic hydroxyl groups is 1. The lowest BCUT2D eigenvalue weighted by atomic mass is 10.2. The van der Waals surface area contributed by atoms with Gasteiger partial charge in [-0.25, -0.2) is 4.39 Å². The molecule has 1 aromatic rings. The maximum absolute atomic E-state index is 13.3. The lowest BCUT2D eigenvalue weighted by Crippen LogP contribution is -2.27. The van der Waals surface area contributed by atoms with Crippen molar-refractivity contribution in [3.8, 4) is 0 Å². The van der Waals surface area contributed by atoms with Crippen molar-refractivity contribution >= 4 is 11.6 Å². The second-order valence-corrected chi connectivity index (χ2v) is 4.51. The number of nitrogens with zero attached hydrogens (tertiary/aromatic N) is 1. The van der Waals surface area contributed by atoms with Crippen molar-refractivity contribution in [1.29, 1.82) is 0 Å². The highest BCUT2D eigenvalue weighted by atomic mass is 35.5.